The summed E-state index contributed by atoms with van der Waals surface area (Å²) in [4.78, 5) is 4.60. The van der Waals surface area contributed by atoms with Crippen molar-refractivity contribution in [2.75, 3.05) is 13.1 Å². The maximum absolute atomic E-state index is 4.60. The first-order chi connectivity index (χ1) is 8.11. The smallest absolute Gasteiger partial charge is 0.128 e. The van der Waals surface area contributed by atoms with Crippen LogP contribution in [0.1, 0.15) is 56.2 Å². The van der Waals surface area contributed by atoms with Crippen LogP contribution in [0.3, 0.4) is 0 Å². The normalized spacial score (nSPS) is 15.3. The fourth-order valence-electron chi connectivity index (χ4n) is 2.39. The Balaban J connectivity index is 2.57. The monoisotopic (exact) mass is 230 g/mol. The van der Waals surface area contributed by atoms with Crippen molar-refractivity contribution in [2.24, 2.45) is 4.99 Å². The molecule has 1 heterocycles. The highest BCUT2D eigenvalue weighted by Crippen LogP contribution is 2.28. The van der Waals surface area contributed by atoms with Gasteiger partial charge in [0.1, 0.15) is 5.84 Å². The Bertz CT molecular complexity index is 404. The number of hydrogen-bond donors (Lipinski definition) is 1. The minimum absolute atomic E-state index is 0.536. The minimum atomic E-state index is 0.536. The van der Waals surface area contributed by atoms with E-state index in [1.165, 1.54) is 16.7 Å². The van der Waals surface area contributed by atoms with Crippen LogP contribution in [0.25, 0.3) is 0 Å². The Kier molecular flexibility index (Phi) is 3.51. The molecule has 0 spiro atoms. The van der Waals surface area contributed by atoms with Gasteiger partial charge in [0.05, 0.1) is 6.54 Å². The van der Waals surface area contributed by atoms with Gasteiger partial charge in [-0.05, 0) is 23.0 Å². The van der Waals surface area contributed by atoms with Gasteiger partial charge in [0.2, 0.25) is 0 Å². The van der Waals surface area contributed by atoms with E-state index in [2.05, 4.69) is 56.2 Å². The molecule has 0 atom stereocenters. The molecule has 0 unspecified atom stereocenters. The first-order valence-electron chi connectivity index (χ1n) is 6.52. The van der Waals surface area contributed by atoms with E-state index in [4.69, 9.17) is 0 Å². The number of amidine groups is 1. The largest absolute Gasteiger partial charge is 0.368 e. The maximum Gasteiger partial charge on any atom is 0.128 e. The van der Waals surface area contributed by atoms with Crippen LogP contribution in [-0.2, 0) is 0 Å². The van der Waals surface area contributed by atoms with Gasteiger partial charge >= 0.3 is 0 Å². The van der Waals surface area contributed by atoms with E-state index < -0.39 is 0 Å². The number of nitrogens with one attached hydrogen (secondary N) is 1. The van der Waals surface area contributed by atoms with Crippen LogP contribution in [0.15, 0.2) is 23.2 Å². The van der Waals surface area contributed by atoms with Gasteiger partial charge in [-0.3, -0.25) is 4.99 Å². The number of nitrogens with zero attached hydrogens (tertiary/aromatic N) is 1. The van der Waals surface area contributed by atoms with E-state index >= 15 is 0 Å². The summed E-state index contributed by atoms with van der Waals surface area (Å²) in [6.07, 6.45) is 0. The van der Waals surface area contributed by atoms with Crippen molar-refractivity contribution in [1.29, 1.82) is 0 Å². The molecule has 1 aromatic rings. The van der Waals surface area contributed by atoms with E-state index in [0.29, 0.717) is 11.8 Å². The van der Waals surface area contributed by atoms with Gasteiger partial charge in [0.15, 0.2) is 0 Å². The van der Waals surface area contributed by atoms with Crippen LogP contribution in [0.4, 0.5) is 0 Å². The first-order valence-corrected chi connectivity index (χ1v) is 6.52. The van der Waals surface area contributed by atoms with Crippen molar-refractivity contribution in [2.45, 2.75) is 39.5 Å². The van der Waals surface area contributed by atoms with Crippen LogP contribution in [0.2, 0.25) is 0 Å². The molecule has 0 saturated carbocycles. The summed E-state index contributed by atoms with van der Waals surface area (Å²) in [6, 6.07) is 6.63. The summed E-state index contributed by atoms with van der Waals surface area (Å²) in [7, 11) is 0. The van der Waals surface area contributed by atoms with Crippen LogP contribution in [0.5, 0.6) is 0 Å². The molecule has 1 aliphatic rings. The summed E-state index contributed by atoms with van der Waals surface area (Å²) >= 11 is 0. The summed E-state index contributed by atoms with van der Waals surface area (Å²) in [6.45, 7) is 10.9. The molecule has 1 aromatic carbocycles. The number of hydrogen-bond acceptors (Lipinski definition) is 2. The summed E-state index contributed by atoms with van der Waals surface area (Å²) in [5.41, 5.74) is 4.16. The highest BCUT2D eigenvalue weighted by atomic mass is 15.1. The summed E-state index contributed by atoms with van der Waals surface area (Å²) in [5, 5.41) is 3.41. The van der Waals surface area contributed by atoms with E-state index in [1.54, 1.807) is 0 Å². The second kappa shape index (κ2) is 4.91. The Morgan fingerprint density at radius 2 is 1.65 bits per heavy atom. The van der Waals surface area contributed by atoms with Gasteiger partial charge in [0, 0.05) is 12.1 Å². The second-order valence-electron chi connectivity index (χ2n) is 5.28. The molecule has 0 fully saturated rings. The van der Waals surface area contributed by atoms with Crippen molar-refractivity contribution in [3.05, 3.63) is 34.9 Å². The average molecular weight is 230 g/mol. The van der Waals surface area contributed by atoms with Crippen LogP contribution in [-0.4, -0.2) is 18.9 Å². The van der Waals surface area contributed by atoms with E-state index in [9.17, 15) is 0 Å². The molecule has 0 amide bonds. The zero-order valence-electron chi connectivity index (χ0n) is 11.2. The number of rotatable bonds is 3. The van der Waals surface area contributed by atoms with Gasteiger partial charge in [-0.25, -0.2) is 0 Å². The quantitative estimate of drug-likeness (QED) is 0.846. The van der Waals surface area contributed by atoms with E-state index in [-0.39, 0.29) is 0 Å². The Labute approximate surface area is 104 Å². The summed E-state index contributed by atoms with van der Waals surface area (Å²) < 4.78 is 0. The topological polar surface area (TPSA) is 24.4 Å². The van der Waals surface area contributed by atoms with Crippen LogP contribution in [0, 0.1) is 0 Å². The zero-order valence-corrected chi connectivity index (χ0v) is 11.2. The highest BCUT2D eigenvalue weighted by molar-refractivity contribution is 6.02. The molecular weight excluding hydrogens is 208 g/mol. The summed E-state index contributed by atoms with van der Waals surface area (Å²) in [5.74, 6) is 2.17. The molecule has 0 aliphatic carbocycles. The van der Waals surface area contributed by atoms with Gasteiger partial charge in [-0.1, -0.05) is 45.9 Å². The SMILES string of the molecule is CC(C)c1cccc(C(C)C)c1C1=NCCN1. The Morgan fingerprint density at radius 1 is 1.06 bits per heavy atom. The van der Waals surface area contributed by atoms with Crippen molar-refractivity contribution >= 4 is 5.84 Å². The van der Waals surface area contributed by atoms with Gasteiger partial charge < -0.3 is 5.32 Å². The third-order valence-corrected chi connectivity index (χ3v) is 3.28. The third-order valence-electron chi connectivity index (χ3n) is 3.28. The minimum Gasteiger partial charge on any atom is -0.368 e. The Hall–Kier alpha value is -1.31. The third kappa shape index (κ3) is 2.36. The van der Waals surface area contributed by atoms with Gasteiger partial charge in [-0.15, -0.1) is 0 Å². The predicted molar refractivity (Wildman–Crippen MR) is 74.0 cm³/mol. The molecule has 92 valence electrons. The lowest BCUT2D eigenvalue weighted by Gasteiger charge is -2.19. The fraction of sp³-hybridized carbons (Fsp3) is 0.533. The lowest BCUT2D eigenvalue weighted by molar-refractivity contribution is 0.826. The molecule has 2 nitrogen and oxygen atoms in total. The molecule has 0 aromatic heterocycles. The fourth-order valence-corrected chi connectivity index (χ4v) is 2.39. The molecule has 0 bridgehead atoms. The molecule has 2 rings (SSSR count). The number of aliphatic imine (C=N–C) groups is 1. The second-order valence-corrected chi connectivity index (χ2v) is 5.28. The van der Waals surface area contributed by atoms with Crippen molar-refractivity contribution in [3.8, 4) is 0 Å². The highest BCUT2D eigenvalue weighted by Gasteiger charge is 2.19. The molecule has 0 saturated heterocycles. The lowest BCUT2D eigenvalue weighted by atomic mass is 9.88. The first kappa shape index (κ1) is 12.2. The zero-order chi connectivity index (χ0) is 12.4. The molecule has 1 aliphatic heterocycles. The van der Waals surface area contributed by atoms with Gasteiger partial charge in [0.25, 0.3) is 0 Å². The van der Waals surface area contributed by atoms with Crippen molar-refractivity contribution in [1.82, 2.24) is 5.32 Å². The van der Waals surface area contributed by atoms with Crippen LogP contribution >= 0.6 is 0 Å². The molecule has 1 N–H and O–H groups in total. The van der Waals surface area contributed by atoms with E-state index in [0.717, 1.165) is 18.9 Å². The predicted octanol–water partition coefficient (Wildman–Crippen LogP) is 3.28. The molecule has 17 heavy (non-hydrogen) atoms. The van der Waals surface area contributed by atoms with E-state index in [1.807, 2.05) is 0 Å². The van der Waals surface area contributed by atoms with Crippen molar-refractivity contribution < 1.29 is 0 Å². The Morgan fingerprint density at radius 3 is 2.06 bits per heavy atom. The number of benzene rings is 1. The van der Waals surface area contributed by atoms with Crippen molar-refractivity contribution in [3.63, 3.8) is 0 Å². The lowest BCUT2D eigenvalue weighted by Crippen LogP contribution is -2.23. The molecule has 0 radical (unpaired) electrons. The van der Waals surface area contributed by atoms with Gasteiger partial charge in [-0.2, -0.15) is 0 Å². The average Bonchev–Trinajstić information content (AvgIpc) is 2.80. The standard InChI is InChI=1S/C15H22N2/c1-10(2)12-6-5-7-13(11(3)4)14(12)15-16-8-9-17-15/h5-7,10-11H,8-9H2,1-4H3,(H,16,17). The van der Waals surface area contributed by atoms with Crippen LogP contribution < -0.4 is 5.32 Å². The maximum atomic E-state index is 4.60. The molecule has 2 heteroatoms. The molecular formula is C15H22N2.